The maximum atomic E-state index is 11.1. The number of ether oxygens (including phenoxy) is 2. The first-order valence-corrected chi connectivity index (χ1v) is 12.5. The van der Waals surface area contributed by atoms with E-state index >= 15 is 0 Å². The Kier molecular flexibility index (Phi) is 21.1. The smallest absolute Gasteiger partial charge is 0.305 e. The second-order valence-electron chi connectivity index (χ2n) is 8.77. The van der Waals surface area contributed by atoms with Crippen LogP contribution in [0.5, 0.6) is 0 Å². The Morgan fingerprint density at radius 1 is 0.833 bits per heavy atom. The van der Waals surface area contributed by atoms with Gasteiger partial charge in [0.15, 0.2) is 0 Å². The van der Waals surface area contributed by atoms with Crippen molar-refractivity contribution in [3.8, 4) is 0 Å². The minimum atomic E-state index is -0.650. The number of carbonyl (C=O) groups excluding carboxylic acids is 1. The normalized spacial score (nSPS) is 14.4. The van der Waals surface area contributed by atoms with Crippen LogP contribution >= 0.6 is 0 Å². The molecule has 5 heteroatoms. The van der Waals surface area contributed by atoms with E-state index in [1.165, 1.54) is 77.7 Å². The lowest BCUT2D eigenvalue weighted by molar-refractivity contribution is -0.140. The second kappa shape index (κ2) is 21.6. The van der Waals surface area contributed by atoms with E-state index in [4.69, 9.17) is 4.74 Å². The number of carbonyl (C=O) groups is 1. The van der Waals surface area contributed by atoms with Gasteiger partial charge >= 0.3 is 5.97 Å². The highest BCUT2D eigenvalue weighted by molar-refractivity contribution is 5.68. The molecule has 2 unspecified atom stereocenters. The molecule has 0 fully saturated rings. The van der Waals surface area contributed by atoms with Crippen molar-refractivity contribution in [1.82, 2.24) is 0 Å². The Bertz CT molecular complexity index is 375. The van der Waals surface area contributed by atoms with Gasteiger partial charge < -0.3 is 19.7 Å². The van der Waals surface area contributed by atoms with Crippen LogP contribution in [0.25, 0.3) is 0 Å². The molecule has 0 aromatic rings. The zero-order valence-corrected chi connectivity index (χ0v) is 20.1. The van der Waals surface area contributed by atoms with Gasteiger partial charge in [-0.05, 0) is 25.2 Å². The lowest BCUT2D eigenvalue weighted by Crippen LogP contribution is -2.37. The molecule has 5 nitrogen and oxygen atoms in total. The minimum Gasteiger partial charge on any atom is -0.469 e. The summed E-state index contributed by atoms with van der Waals surface area (Å²) in [6.45, 7) is 4.55. The summed E-state index contributed by atoms with van der Waals surface area (Å²) in [5, 5.41) is 20.0. The third kappa shape index (κ3) is 17.1. The quantitative estimate of drug-likeness (QED) is 0.168. The van der Waals surface area contributed by atoms with Crippen LogP contribution in [0.1, 0.15) is 117 Å². The van der Waals surface area contributed by atoms with Gasteiger partial charge in [0.1, 0.15) is 6.10 Å². The molecule has 3 atom stereocenters. The summed E-state index contributed by atoms with van der Waals surface area (Å²) in [5.74, 6) is -0.106. The van der Waals surface area contributed by atoms with Crippen LogP contribution in [0.15, 0.2) is 0 Å². The molecule has 0 amide bonds. The molecule has 0 heterocycles. The lowest BCUT2D eigenvalue weighted by Gasteiger charge is -2.26. The van der Waals surface area contributed by atoms with E-state index < -0.39 is 12.2 Å². The summed E-state index contributed by atoms with van der Waals surface area (Å²) in [5.41, 5.74) is 0. The van der Waals surface area contributed by atoms with E-state index in [-0.39, 0.29) is 18.5 Å². The van der Waals surface area contributed by atoms with E-state index in [2.05, 4.69) is 11.7 Å². The second-order valence-corrected chi connectivity index (χ2v) is 8.77. The van der Waals surface area contributed by atoms with E-state index in [1.807, 2.05) is 6.92 Å². The van der Waals surface area contributed by atoms with Crippen molar-refractivity contribution < 1.29 is 24.5 Å². The third-order valence-electron chi connectivity index (χ3n) is 5.99. The molecule has 0 spiro atoms. The molecule has 0 saturated heterocycles. The molecule has 0 rings (SSSR count). The first-order valence-electron chi connectivity index (χ1n) is 12.5. The van der Waals surface area contributed by atoms with Gasteiger partial charge in [0.2, 0.25) is 0 Å². The van der Waals surface area contributed by atoms with Crippen LogP contribution in [-0.4, -0.2) is 48.7 Å². The maximum Gasteiger partial charge on any atom is 0.305 e. The molecule has 0 aliphatic carbocycles. The monoisotopic (exact) mass is 430 g/mol. The Morgan fingerprint density at radius 2 is 1.37 bits per heavy atom. The average molecular weight is 431 g/mol. The summed E-state index contributed by atoms with van der Waals surface area (Å²) in [7, 11) is 1.38. The van der Waals surface area contributed by atoms with Crippen LogP contribution in [-0.2, 0) is 14.3 Å². The van der Waals surface area contributed by atoms with Gasteiger partial charge in [-0.1, -0.05) is 90.9 Å². The zero-order valence-electron chi connectivity index (χ0n) is 20.1. The van der Waals surface area contributed by atoms with Crippen molar-refractivity contribution in [1.29, 1.82) is 0 Å². The molecule has 0 aromatic carbocycles. The van der Waals surface area contributed by atoms with Crippen LogP contribution in [0, 0.1) is 5.92 Å². The summed E-state index contributed by atoms with van der Waals surface area (Å²) in [4.78, 5) is 11.1. The summed E-state index contributed by atoms with van der Waals surface area (Å²) >= 11 is 0. The highest BCUT2D eigenvalue weighted by Crippen LogP contribution is 2.19. The molecule has 0 bridgehead atoms. The molecule has 30 heavy (non-hydrogen) atoms. The number of hydrogen-bond donors (Lipinski definition) is 2. The molecule has 0 aliphatic heterocycles. The Morgan fingerprint density at radius 3 is 1.87 bits per heavy atom. The van der Waals surface area contributed by atoms with Crippen molar-refractivity contribution in [2.45, 2.75) is 129 Å². The first-order chi connectivity index (χ1) is 14.6. The van der Waals surface area contributed by atoms with Gasteiger partial charge in [-0.2, -0.15) is 0 Å². The Labute approximate surface area is 185 Å². The molecule has 0 radical (unpaired) electrons. The fourth-order valence-electron chi connectivity index (χ4n) is 3.81. The average Bonchev–Trinajstić information content (AvgIpc) is 2.76. The van der Waals surface area contributed by atoms with Crippen LogP contribution in [0.4, 0.5) is 0 Å². The van der Waals surface area contributed by atoms with Crippen LogP contribution < -0.4 is 0 Å². The third-order valence-corrected chi connectivity index (χ3v) is 5.99. The predicted octanol–water partition coefficient (Wildman–Crippen LogP) is 5.80. The largest absolute Gasteiger partial charge is 0.469 e. The van der Waals surface area contributed by atoms with Crippen molar-refractivity contribution in [2.75, 3.05) is 20.3 Å². The van der Waals surface area contributed by atoms with Crippen LogP contribution in [0.3, 0.4) is 0 Å². The number of aliphatic hydroxyl groups is 2. The van der Waals surface area contributed by atoms with Crippen molar-refractivity contribution >= 4 is 5.97 Å². The van der Waals surface area contributed by atoms with Gasteiger partial charge in [-0.3, -0.25) is 4.79 Å². The summed E-state index contributed by atoms with van der Waals surface area (Å²) < 4.78 is 10.3. The number of unbranched alkanes of at least 4 members (excludes halogenated alkanes) is 12. The van der Waals surface area contributed by atoms with Crippen molar-refractivity contribution in [3.05, 3.63) is 0 Å². The molecule has 2 N–H and O–H groups in total. The highest BCUT2D eigenvalue weighted by atomic mass is 16.5. The Balaban J connectivity index is 3.65. The summed E-state index contributed by atoms with van der Waals surface area (Å²) in [6.07, 6.45) is 17.5. The molecule has 180 valence electrons. The number of esters is 1. The standard InChI is InChI=1S/C25H50O5/c1-4-5-6-7-8-9-10-11-12-13-14-15-18-22(2)25(28)23(21-26)30-20-17-16-19-24(27)29-3/h22-23,25-26,28H,4-21H2,1-3H3/t22?,23-,25?/m0/s1. The highest BCUT2D eigenvalue weighted by Gasteiger charge is 2.24. The number of aliphatic hydroxyl groups excluding tert-OH is 2. The zero-order chi connectivity index (χ0) is 22.5. The van der Waals surface area contributed by atoms with Crippen molar-refractivity contribution in [2.24, 2.45) is 5.92 Å². The topological polar surface area (TPSA) is 76.0 Å². The molecule has 0 aromatic heterocycles. The van der Waals surface area contributed by atoms with Gasteiger partial charge in [0, 0.05) is 13.0 Å². The van der Waals surface area contributed by atoms with E-state index in [9.17, 15) is 15.0 Å². The van der Waals surface area contributed by atoms with Gasteiger partial charge in [-0.25, -0.2) is 0 Å². The molecular formula is C25H50O5. The molecular weight excluding hydrogens is 380 g/mol. The van der Waals surface area contributed by atoms with Gasteiger partial charge in [-0.15, -0.1) is 0 Å². The first kappa shape index (κ1) is 29.4. The predicted molar refractivity (Wildman–Crippen MR) is 124 cm³/mol. The van der Waals surface area contributed by atoms with Crippen LogP contribution in [0.2, 0.25) is 0 Å². The number of hydrogen-bond acceptors (Lipinski definition) is 5. The van der Waals surface area contributed by atoms with Gasteiger partial charge in [0.25, 0.3) is 0 Å². The van der Waals surface area contributed by atoms with E-state index in [1.54, 1.807) is 0 Å². The van der Waals surface area contributed by atoms with E-state index in [0.717, 1.165) is 12.8 Å². The number of methoxy groups -OCH3 is 1. The SMILES string of the molecule is CCCCCCCCCCCCCCC(C)C(O)[C@H](CO)OCCCCC(=O)OC. The van der Waals surface area contributed by atoms with Crippen molar-refractivity contribution in [3.63, 3.8) is 0 Å². The summed E-state index contributed by atoms with van der Waals surface area (Å²) in [6, 6.07) is 0. The van der Waals surface area contributed by atoms with Gasteiger partial charge in [0.05, 0.1) is 19.8 Å². The van der Waals surface area contributed by atoms with E-state index in [0.29, 0.717) is 25.9 Å². The molecule has 0 aliphatic rings. The Hall–Kier alpha value is -0.650. The lowest BCUT2D eigenvalue weighted by atomic mass is 9.93. The molecule has 0 saturated carbocycles. The fraction of sp³-hybridized carbons (Fsp3) is 0.960. The number of rotatable bonds is 22. The maximum absolute atomic E-state index is 11.1. The fourth-order valence-corrected chi connectivity index (χ4v) is 3.81. The minimum absolute atomic E-state index is 0.111.